The first-order valence-corrected chi connectivity index (χ1v) is 8.88. The normalized spacial score (nSPS) is 15.9. The highest BCUT2D eigenvalue weighted by atomic mass is 16.2. The molecule has 1 fully saturated rings. The van der Waals surface area contributed by atoms with Crippen molar-refractivity contribution in [2.24, 2.45) is 0 Å². The van der Waals surface area contributed by atoms with Gasteiger partial charge in [-0.05, 0) is 39.1 Å². The number of aromatic nitrogens is 5. The fraction of sp³-hybridized carbons (Fsp3) is 0.444. The number of likely N-dealkylation sites (tertiary alicyclic amines) is 1. The zero-order valence-corrected chi connectivity index (χ0v) is 15.1. The molecule has 0 spiro atoms. The van der Waals surface area contributed by atoms with E-state index >= 15 is 0 Å². The number of nitrogens with one attached hydrogen (secondary N) is 1. The van der Waals surface area contributed by atoms with Gasteiger partial charge in [0.25, 0.3) is 5.91 Å². The summed E-state index contributed by atoms with van der Waals surface area (Å²) < 4.78 is 1.97. The van der Waals surface area contributed by atoms with Crippen LogP contribution in [-0.4, -0.2) is 67.7 Å². The Bertz CT molecular complexity index is 892. The van der Waals surface area contributed by atoms with E-state index in [2.05, 4.69) is 31.2 Å². The Balaban J connectivity index is 1.51. The molecule has 0 saturated carbocycles. The molecule has 136 valence electrons. The van der Waals surface area contributed by atoms with Crippen LogP contribution in [0.15, 0.2) is 30.7 Å². The van der Waals surface area contributed by atoms with Crippen molar-refractivity contribution in [3.63, 3.8) is 0 Å². The molecule has 3 aromatic heterocycles. The first kappa shape index (κ1) is 16.7. The monoisotopic (exact) mass is 353 g/mol. The van der Waals surface area contributed by atoms with E-state index in [1.807, 2.05) is 35.9 Å². The van der Waals surface area contributed by atoms with Crippen molar-refractivity contribution in [3.8, 4) is 0 Å². The molecule has 1 amide bonds. The van der Waals surface area contributed by atoms with Gasteiger partial charge in [0.1, 0.15) is 5.69 Å². The molecular formula is C18H23N7O. The van der Waals surface area contributed by atoms with Gasteiger partial charge in [-0.3, -0.25) is 9.89 Å². The van der Waals surface area contributed by atoms with E-state index in [4.69, 9.17) is 0 Å². The maximum absolute atomic E-state index is 12.4. The molecule has 3 aromatic rings. The number of hydrogen-bond donors (Lipinski definition) is 1. The van der Waals surface area contributed by atoms with E-state index in [9.17, 15) is 4.79 Å². The van der Waals surface area contributed by atoms with Gasteiger partial charge in [0.15, 0.2) is 5.65 Å². The van der Waals surface area contributed by atoms with Gasteiger partial charge in [-0.25, -0.2) is 9.50 Å². The lowest BCUT2D eigenvalue weighted by molar-refractivity contribution is 0.0705. The lowest BCUT2D eigenvalue weighted by Crippen LogP contribution is -2.38. The van der Waals surface area contributed by atoms with E-state index in [0.29, 0.717) is 11.6 Å². The van der Waals surface area contributed by atoms with Gasteiger partial charge >= 0.3 is 0 Å². The molecule has 4 heterocycles. The summed E-state index contributed by atoms with van der Waals surface area (Å²) in [5, 5.41) is 11.2. The maximum Gasteiger partial charge on any atom is 0.271 e. The van der Waals surface area contributed by atoms with Gasteiger partial charge in [0.2, 0.25) is 0 Å². The van der Waals surface area contributed by atoms with Crippen molar-refractivity contribution in [1.82, 2.24) is 34.6 Å². The van der Waals surface area contributed by atoms with Gasteiger partial charge in [-0.15, -0.1) is 0 Å². The van der Waals surface area contributed by atoms with Gasteiger partial charge in [-0.1, -0.05) is 0 Å². The van der Waals surface area contributed by atoms with E-state index in [1.165, 1.54) is 5.69 Å². The number of fused-ring (bicyclic) bond motifs is 1. The number of carbonyl (C=O) groups excluding carboxylic acids is 1. The zero-order chi connectivity index (χ0) is 18.1. The van der Waals surface area contributed by atoms with Gasteiger partial charge in [0.05, 0.1) is 6.20 Å². The molecule has 1 aliphatic heterocycles. The van der Waals surface area contributed by atoms with Crippen LogP contribution in [0.1, 0.15) is 40.5 Å². The van der Waals surface area contributed by atoms with Crippen molar-refractivity contribution >= 4 is 11.6 Å². The topological polar surface area (TPSA) is 82.4 Å². The van der Waals surface area contributed by atoms with Crippen molar-refractivity contribution in [1.29, 1.82) is 0 Å². The van der Waals surface area contributed by atoms with Crippen LogP contribution in [0.2, 0.25) is 0 Å². The number of amides is 1. The average Bonchev–Trinajstić information content (AvgIpc) is 3.31. The standard InChI is InChI=1S/C18H23N7O/c1-23(2)12-14-11-21-25-16(4-7-19-17(14)25)13-5-9-24(10-6-13)18(26)15-3-8-20-22-15/h3-4,7-8,11,13H,5-6,9-10,12H2,1-2H3,(H,20,22). The van der Waals surface area contributed by atoms with Crippen molar-refractivity contribution in [2.75, 3.05) is 27.2 Å². The van der Waals surface area contributed by atoms with Gasteiger partial charge < -0.3 is 9.80 Å². The second-order valence-corrected chi connectivity index (χ2v) is 7.05. The second kappa shape index (κ2) is 6.87. The molecule has 1 aliphatic rings. The van der Waals surface area contributed by atoms with Crippen LogP contribution >= 0.6 is 0 Å². The molecule has 26 heavy (non-hydrogen) atoms. The smallest absolute Gasteiger partial charge is 0.271 e. The minimum atomic E-state index is 0.0215. The van der Waals surface area contributed by atoms with E-state index in [1.54, 1.807) is 12.3 Å². The fourth-order valence-corrected chi connectivity index (χ4v) is 3.64. The van der Waals surface area contributed by atoms with E-state index < -0.39 is 0 Å². The summed E-state index contributed by atoms with van der Waals surface area (Å²) >= 11 is 0. The predicted octanol–water partition coefficient (Wildman–Crippen LogP) is 1.53. The molecule has 0 aromatic carbocycles. The summed E-state index contributed by atoms with van der Waals surface area (Å²) in [4.78, 5) is 21.0. The lowest BCUT2D eigenvalue weighted by atomic mass is 9.93. The molecule has 4 rings (SSSR count). The minimum Gasteiger partial charge on any atom is -0.337 e. The number of piperidine rings is 1. The quantitative estimate of drug-likeness (QED) is 0.769. The van der Waals surface area contributed by atoms with Crippen LogP contribution in [0.3, 0.4) is 0 Å². The third-order valence-electron chi connectivity index (χ3n) is 4.92. The van der Waals surface area contributed by atoms with E-state index in [0.717, 1.165) is 43.7 Å². The zero-order valence-electron chi connectivity index (χ0n) is 15.1. The number of aromatic amines is 1. The summed E-state index contributed by atoms with van der Waals surface area (Å²) in [7, 11) is 4.08. The molecule has 0 radical (unpaired) electrons. The summed E-state index contributed by atoms with van der Waals surface area (Å²) in [6.45, 7) is 2.29. The Hall–Kier alpha value is -2.74. The number of nitrogens with zero attached hydrogens (tertiary/aromatic N) is 6. The molecule has 1 saturated heterocycles. The number of rotatable bonds is 4. The Labute approximate surface area is 151 Å². The van der Waals surface area contributed by atoms with Crippen LogP contribution in [0.25, 0.3) is 5.65 Å². The Kier molecular flexibility index (Phi) is 4.42. The van der Waals surface area contributed by atoms with Crippen molar-refractivity contribution in [2.45, 2.75) is 25.3 Å². The highest BCUT2D eigenvalue weighted by Crippen LogP contribution is 2.29. The lowest BCUT2D eigenvalue weighted by Gasteiger charge is -2.31. The van der Waals surface area contributed by atoms with Crippen LogP contribution in [0, 0.1) is 0 Å². The Morgan fingerprint density at radius 1 is 1.27 bits per heavy atom. The van der Waals surface area contributed by atoms with Gasteiger partial charge in [-0.2, -0.15) is 10.2 Å². The first-order valence-electron chi connectivity index (χ1n) is 8.88. The molecular weight excluding hydrogens is 330 g/mol. The summed E-state index contributed by atoms with van der Waals surface area (Å²) in [5.41, 5.74) is 3.78. The van der Waals surface area contributed by atoms with Crippen LogP contribution in [-0.2, 0) is 6.54 Å². The highest BCUT2D eigenvalue weighted by Gasteiger charge is 2.27. The highest BCUT2D eigenvalue weighted by molar-refractivity contribution is 5.92. The fourth-order valence-electron chi connectivity index (χ4n) is 3.64. The molecule has 8 heteroatoms. The molecule has 8 nitrogen and oxygen atoms in total. The summed E-state index contributed by atoms with van der Waals surface area (Å²) in [5.74, 6) is 0.395. The van der Waals surface area contributed by atoms with Crippen LogP contribution in [0.5, 0.6) is 0 Å². The number of H-pyrrole nitrogens is 1. The van der Waals surface area contributed by atoms with Crippen LogP contribution < -0.4 is 0 Å². The molecule has 1 N–H and O–H groups in total. The SMILES string of the molecule is CN(C)Cc1cnn2c(C3CCN(C(=O)c4ccn[nH]4)CC3)ccnc12. The third kappa shape index (κ3) is 3.08. The average molecular weight is 353 g/mol. The van der Waals surface area contributed by atoms with E-state index in [-0.39, 0.29) is 5.91 Å². The maximum atomic E-state index is 12.4. The number of hydrogen-bond acceptors (Lipinski definition) is 5. The van der Waals surface area contributed by atoms with Crippen LogP contribution in [0.4, 0.5) is 0 Å². The molecule has 0 unspecified atom stereocenters. The predicted molar refractivity (Wildman–Crippen MR) is 96.8 cm³/mol. The number of carbonyl (C=O) groups is 1. The Morgan fingerprint density at radius 2 is 2.08 bits per heavy atom. The minimum absolute atomic E-state index is 0.0215. The van der Waals surface area contributed by atoms with Crippen molar-refractivity contribution < 1.29 is 4.79 Å². The second-order valence-electron chi connectivity index (χ2n) is 7.05. The molecule has 0 aliphatic carbocycles. The summed E-state index contributed by atoms with van der Waals surface area (Å²) in [6, 6.07) is 3.77. The largest absolute Gasteiger partial charge is 0.337 e. The molecule has 0 bridgehead atoms. The van der Waals surface area contributed by atoms with Crippen molar-refractivity contribution in [3.05, 3.63) is 47.7 Å². The molecule has 0 atom stereocenters. The van der Waals surface area contributed by atoms with Gasteiger partial charge in [0, 0.05) is 49.2 Å². The Morgan fingerprint density at radius 3 is 2.77 bits per heavy atom. The third-order valence-corrected chi connectivity index (χ3v) is 4.92. The first-order chi connectivity index (χ1) is 12.6. The summed E-state index contributed by atoms with van der Waals surface area (Å²) in [6.07, 6.45) is 7.22.